The third-order valence-electron chi connectivity index (χ3n) is 3.97. The van der Waals surface area contributed by atoms with E-state index in [4.69, 9.17) is 0 Å². The zero-order chi connectivity index (χ0) is 21.0. The number of nitrogens with one attached hydrogen (secondary N) is 3. The Hall–Kier alpha value is -3.56. The van der Waals surface area contributed by atoms with Crippen LogP contribution in [0.2, 0.25) is 0 Å². The normalized spacial score (nSPS) is 10.7. The molecule has 3 aromatic rings. The predicted octanol–water partition coefficient (Wildman–Crippen LogP) is 3.10. The maximum Gasteiger partial charge on any atom is 0.319 e. The van der Waals surface area contributed by atoms with Crippen molar-refractivity contribution in [1.82, 2.24) is 25.1 Å². The Morgan fingerprint density at radius 3 is 2.45 bits per heavy atom. The second kappa shape index (κ2) is 8.63. The Balaban J connectivity index is 1.55. The van der Waals surface area contributed by atoms with Gasteiger partial charge in [-0.3, -0.25) is 0 Å². The topological polar surface area (TPSA) is 96.8 Å². The fourth-order valence-electron chi connectivity index (χ4n) is 2.75. The number of urea groups is 1. The molecular formula is C19H21F2N7O. The zero-order valence-electron chi connectivity index (χ0n) is 16.3. The van der Waals surface area contributed by atoms with E-state index in [0.717, 1.165) is 23.5 Å². The summed E-state index contributed by atoms with van der Waals surface area (Å²) in [6, 6.07) is 6.35. The number of aryl methyl sites for hydroxylation is 3. The molecule has 2 aromatic heterocycles. The summed E-state index contributed by atoms with van der Waals surface area (Å²) >= 11 is 0. The number of hydrogen-bond donors (Lipinski definition) is 3. The highest BCUT2D eigenvalue weighted by Crippen LogP contribution is 2.17. The molecule has 152 valence electrons. The molecule has 0 aliphatic heterocycles. The first kappa shape index (κ1) is 20.2. The van der Waals surface area contributed by atoms with Crippen LogP contribution in [-0.2, 0) is 0 Å². The molecule has 0 atom stereocenters. The minimum atomic E-state index is -0.841. The summed E-state index contributed by atoms with van der Waals surface area (Å²) in [4.78, 5) is 20.5. The van der Waals surface area contributed by atoms with Gasteiger partial charge in [0.25, 0.3) is 0 Å². The summed E-state index contributed by atoms with van der Waals surface area (Å²) in [6.45, 7) is 6.17. The first-order chi connectivity index (χ1) is 13.8. The van der Waals surface area contributed by atoms with Crippen LogP contribution in [0.1, 0.15) is 17.2 Å². The highest BCUT2D eigenvalue weighted by Gasteiger charge is 2.11. The van der Waals surface area contributed by atoms with E-state index in [-0.39, 0.29) is 6.54 Å². The van der Waals surface area contributed by atoms with Crippen LogP contribution in [0.15, 0.2) is 30.3 Å². The van der Waals surface area contributed by atoms with Crippen molar-refractivity contribution in [1.29, 1.82) is 0 Å². The molecule has 2 heterocycles. The second-order valence-corrected chi connectivity index (χ2v) is 6.40. The maximum atomic E-state index is 13.5. The monoisotopic (exact) mass is 401 g/mol. The molecule has 3 N–H and O–H groups in total. The van der Waals surface area contributed by atoms with Crippen molar-refractivity contribution in [2.24, 2.45) is 0 Å². The molecule has 0 fully saturated rings. The van der Waals surface area contributed by atoms with Gasteiger partial charge < -0.3 is 16.0 Å². The Morgan fingerprint density at radius 2 is 1.79 bits per heavy atom. The fraction of sp³-hybridized carbons (Fsp3) is 0.263. The van der Waals surface area contributed by atoms with Gasteiger partial charge in [0.1, 0.15) is 29.0 Å². The van der Waals surface area contributed by atoms with E-state index >= 15 is 0 Å². The molecule has 8 nitrogen and oxygen atoms in total. The van der Waals surface area contributed by atoms with Crippen molar-refractivity contribution in [2.45, 2.75) is 20.8 Å². The highest BCUT2D eigenvalue weighted by atomic mass is 19.1. The average molecular weight is 401 g/mol. The Bertz CT molecular complexity index is 1020. The van der Waals surface area contributed by atoms with Crippen molar-refractivity contribution in [3.05, 3.63) is 59.2 Å². The quantitative estimate of drug-likeness (QED) is 0.552. The lowest BCUT2D eigenvalue weighted by molar-refractivity contribution is 0.252. The molecule has 3 rings (SSSR count). The molecule has 2 amide bonds. The number of para-hydroxylation sites is 1. The van der Waals surface area contributed by atoms with E-state index in [0.29, 0.717) is 24.0 Å². The van der Waals surface area contributed by atoms with Crippen LogP contribution in [0, 0.1) is 32.4 Å². The van der Waals surface area contributed by atoms with Gasteiger partial charge in [-0.2, -0.15) is 5.10 Å². The SMILES string of the molecule is Cc1cc(C)n(-c2cc(NCCNC(=O)Nc3c(F)cccc3F)nc(C)n2)n1. The molecule has 1 aromatic carbocycles. The maximum absolute atomic E-state index is 13.5. The van der Waals surface area contributed by atoms with Gasteiger partial charge in [0, 0.05) is 24.8 Å². The number of benzene rings is 1. The molecule has 0 saturated carbocycles. The van der Waals surface area contributed by atoms with Gasteiger partial charge in [0.15, 0.2) is 5.82 Å². The fourth-order valence-corrected chi connectivity index (χ4v) is 2.75. The van der Waals surface area contributed by atoms with Crippen LogP contribution in [0.4, 0.5) is 25.1 Å². The van der Waals surface area contributed by atoms with Crippen molar-refractivity contribution in [3.63, 3.8) is 0 Å². The minimum absolute atomic E-state index is 0.209. The average Bonchev–Trinajstić information content (AvgIpc) is 3.00. The van der Waals surface area contributed by atoms with Crippen LogP contribution in [0.5, 0.6) is 0 Å². The van der Waals surface area contributed by atoms with E-state index < -0.39 is 23.4 Å². The van der Waals surface area contributed by atoms with Gasteiger partial charge in [-0.15, -0.1) is 0 Å². The minimum Gasteiger partial charge on any atom is -0.368 e. The van der Waals surface area contributed by atoms with Gasteiger partial charge in [-0.25, -0.2) is 28.2 Å². The van der Waals surface area contributed by atoms with Gasteiger partial charge in [-0.1, -0.05) is 6.07 Å². The first-order valence-electron chi connectivity index (χ1n) is 8.95. The number of nitrogens with zero attached hydrogens (tertiary/aromatic N) is 4. The summed E-state index contributed by atoms with van der Waals surface area (Å²) in [5, 5.41) is 12.2. The molecule has 0 spiro atoms. The standard InChI is InChI=1S/C19H21F2N7O/c1-11-9-12(2)28(27-11)17-10-16(24-13(3)25-17)22-7-8-23-19(29)26-18-14(20)5-4-6-15(18)21/h4-6,9-10H,7-8H2,1-3H3,(H,22,24,25)(H2,23,26,29). The van der Waals surface area contributed by atoms with Crippen molar-refractivity contribution >= 4 is 17.5 Å². The van der Waals surface area contributed by atoms with E-state index in [1.54, 1.807) is 17.7 Å². The first-order valence-corrected chi connectivity index (χ1v) is 8.95. The molecule has 0 aliphatic rings. The molecule has 0 saturated heterocycles. The number of amides is 2. The number of aromatic nitrogens is 4. The Labute approximate surface area is 166 Å². The molecule has 0 bridgehead atoms. The molecule has 0 radical (unpaired) electrons. The molecule has 0 aliphatic carbocycles. The predicted molar refractivity (Wildman–Crippen MR) is 105 cm³/mol. The Kier molecular flexibility index (Phi) is 6.01. The lowest BCUT2D eigenvalue weighted by Crippen LogP contribution is -2.33. The molecule has 10 heteroatoms. The summed E-state index contributed by atoms with van der Waals surface area (Å²) in [5.74, 6) is 0.0878. The highest BCUT2D eigenvalue weighted by molar-refractivity contribution is 5.89. The summed E-state index contributed by atoms with van der Waals surface area (Å²) in [7, 11) is 0. The van der Waals surface area contributed by atoms with Crippen molar-refractivity contribution < 1.29 is 13.6 Å². The molecule has 0 unspecified atom stereocenters. The van der Waals surface area contributed by atoms with E-state index in [2.05, 4.69) is 31.0 Å². The largest absolute Gasteiger partial charge is 0.368 e. The van der Waals surface area contributed by atoms with Crippen LogP contribution >= 0.6 is 0 Å². The van der Waals surface area contributed by atoms with Gasteiger partial charge in [0.2, 0.25) is 0 Å². The van der Waals surface area contributed by atoms with E-state index in [1.807, 2.05) is 19.9 Å². The third kappa shape index (κ3) is 5.03. The number of carbonyl (C=O) groups excluding carboxylic acids is 1. The summed E-state index contributed by atoms with van der Waals surface area (Å²) < 4.78 is 28.8. The van der Waals surface area contributed by atoms with Crippen LogP contribution in [-0.4, -0.2) is 38.9 Å². The number of hydrogen-bond acceptors (Lipinski definition) is 5. The lowest BCUT2D eigenvalue weighted by atomic mass is 10.3. The zero-order valence-corrected chi connectivity index (χ0v) is 16.3. The number of rotatable bonds is 6. The second-order valence-electron chi connectivity index (χ2n) is 6.40. The lowest BCUT2D eigenvalue weighted by Gasteiger charge is -2.11. The summed E-state index contributed by atoms with van der Waals surface area (Å²) in [5.41, 5.74) is 1.35. The number of carbonyl (C=O) groups is 1. The van der Waals surface area contributed by atoms with Gasteiger partial charge in [-0.05, 0) is 39.0 Å². The Morgan fingerprint density at radius 1 is 1.07 bits per heavy atom. The number of anilines is 2. The van der Waals surface area contributed by atoms with E-state index in [9.17, 15) is 13.6 Å². The van der Waals surface area contributed by atoms with Crippen molar-refractivity contribution in [3.8, 4) is 5.82 Å². The number of halogens is 2. The van der Waals surface area contributed by atoms with Crippen LogP contribution < -0.4 is 16.0 Å². The molecular weight excluding hydrogens is 380 g/mol. The van der Waals surface area contributed by atoms with Crippen LogP contribution in [0.3, 0.4) is 0 Å². The van der Waals surface area contributed by atoms with Gasteiger partial charge in [0.05, 0.1) is 5.69 Å². The smallest absolute Gasteiger partial charge is 0.319 e. The summed E-state index contributed by atoms with van der Waals surface area (Å²) in [6.07, 6.45) is 0. The molecule has 29 heavy (non-hydrogen) atoms. The van der Waals surface area contributed by atoms with Crippen molar-refractivity contribution in [2.75, 3.05) is 23.7 Å². The van der Waals surface area contributed by atoms with Crippen LogP contribution in [0.25, 0.3) is 5.82 Å². The third-order valence-corrected chi connectivity index (χ3v) is 3.97. The van der Waals surface area contributed by atoms with Gasteiger partial charge >= 0.3 is 6.03 Å². The van der Waals surface area contributed by atoms with E-state index in [1.165, 1.54) is 6.07 Å².